The Hall–Kier alpha value is -1.61. The first-order chi connectivity index (χ1) is 11.2. The minimum atomic E-state index is -0.607. The fraction of sp³-hybridized carbons (Fsp3) is 0.533. The summed E-state index contributed by atoms with van der Waals surface area (Å²) in [4.78, 5) is 13.1. The van der Waals surface area contributed by atoms with Gasteiger partial charge in [0.25, 0.3) is 0 Å². The van der Waals surface area contributed by atoms with E-state index in [4.69, 9.17) is 24.4 Å². The van der Waals surface area contributed by atoms with Crippen LogP contribution in [0.5, 0.6) is 5.75 Å². The summed E-state index contributed by atoms with van der Waals surface area (Å²) >= 11 is 0. The molecule has 3 aliphatic heterocycles. The third-order valence-electron chi connectivity index (χ3n) is 3.83. The predicted octanol–water partition coefficient (Wildman–Crippen LogP) is -0.174. The number of carbonyl (C=O) groups excluding carboxylic acids is 1. The highest BCUT2D eigenvalue weighted by atomic mass is 16.7. The molecule has 0 saturated carbocycles. The summed E-state index contributed by atoms with van der Waals surface area (Å²) in [5, 5.41) is 0. The average Bonchev–Trinajstić information content (AvgIpc) is 2.45. The van der Waals surface area contributed by atoms with Crippen LogP contribution in [0.3, 0.4) is 0 Å². The SMILES string of the molecule is NC(=O)Cc1ccc(OCC2CN3CCOB(OCC3)O2)cc1. The van der Waals surface area contributed by atoms with Gasteiger partial charge in [0.1, 0.15) is 12.4 Å². The van der Waals surface area contributed by atoms with Crippen LogP contribution in [-0.4, -0.2) is 63.7 Å². The molecule has 0 aliphatic carbocycles. The van der Waals surface area contributed by atoms with Crippen molar-refractivity contribution in [1.82, 2.24) is 4.90 Å². The lowest BCUT2D eigenvalue weighted by Gasteiger charge is -2.34. The second-order valence-electron chi connectivity index (χ2n) is 5.69. The van der Waals surface area contributed by atoms with E-state index in [1.165, 1.54) is 0 Å². The summed E-state index contributed by atoms with van der Waals surface area (Å²) in [6.45, 7) is 4.18. The first kappa shape index (κ1) is 16.3. The zero-order chi connectivity index (χ0) is 16.1. The van der Waals surface area contributed by atoms with E-state index in [2.05, 4.69) is 4.90 Å². The van der Waals surface area contributed by atoms with Crippen LogP contribution in [0.15, 0.2) is 24.3 Å². The van der Waals surface area contributed by atoms with E-state index in [1.807, 2.05) is 24.3 Å². The molecular weight excluding hydrogens is 299 g/mol. The summed E-state index contributed by atoms with van der Waals surface area (Å²) in [5.41, 5.74) is 6.05. The number of primary amides is 1. The number of hydrogen-bond donors (Lipinski definition) is 1. The molecule has 8 heteroatoms. The van der Waals surface area contributed by atoms with E-state index in [1.54, 1.807) is 0 Å². The van der Waals surface area contributed by atoms with E-state index in [9.17, 15) is 4.79 Å². The minimum absolute atomic E-state index is 0.120. The average molecular weight is 320 g/mol. The van der Waals surface area contributed by atoms with Gasteiger partial charge in [-0.05, 0) is 17.7 Å². The van der Waals surface area contributed by atoms with Gasteiger partial charge in [0.05, 0.1) is 12.5 Å². The molecule has 0 radical (unpaired) electrons. The lowest BCUT2D eigenvalue weighted by molar-refractivity contribution is -0.117. The van der Waals surface area contributed by atoms with Crippen LogP contribution in [0.2, 0.25) is 0 Å². The summed E-state index contributed by atoms with van der Waals surface area (Å²) < 4.78 is 22.6. The maximum Gasteiger partial charge on any atom is 0.639 e. The van der Waals surface area contributed by atoms with Crippen molar-refractivity contribution in [2.75, 3.05) is 39.5 Å². The van der Waals surface area contributed by atoms with Crippen molar-refractivity contribution in [3.63, 3.8) is 0 Å². The van der Waals surface area contributed by atoms with E-state index in [-0.39, 0.29) is 18.4 Å². The molecule has 0 spiro atoms. The summed E-state index contributed by atoms with van der Waals surface area (Å²) in [6, 6.07) is 7.33. The second-order valence-corrected chi connectivity index (χ2v) is 5.69. The Kier molecular flexibility index (Phi) is 5.50. The highest BCUT2D eigenvalue weighted by molar-refractivity contribution is 6.36. The van der Waals surface area contributed by atoms with E-state index >= 15 is 0 Å². The highest BCUT2D eigenvalue weighted by Gasteiger charge is 2.32. The lowest BCUT2D eigenvalue weighted by Crippen LogP contribution is -2.51. The van der Waals surface area contributed by atoms with Crippen molar-refractivity contribution in [1.29, 1.82) is 0 Å². The number of fused-ring (bicyclic) bond motifs is 6. The van der Waals surface area contributed by atoms with Crippen LogP contribution >= 0.6 is 0 Å². The van der Waals surface area contributed by atoms with Crippen LogP contribution in [0.4, 0.5) is 0 Å². The summed E-state index contributed by atoms with van der Waals surface area (Å²) in [7, 11) is -0.607. The van der Waals surface area contributed by atoms with Crippen LogP contribution in [0.25, 0.3) is 0 Å². The molecule has 23 heavy (non-hydrogen) atoms. The quantitative estimate of drug-likeness (QED) is 0.758. The molecule has 3 fully saturated rings. The maximum atomic E-state index is 10.9. The lowest BCUT2D eigenvalue weighted by atomic mass is 10.1. The monoisotopic (exact) mass is 320 g/mol. The van der Waals surface area contributed by atoms with Gasteiger partial charge in [0.2, 0.25) is 5.91 Å². The molecule has 3 saturated heterocycles. The molecule has 3 aliphatic rings. The molecular formula is C15H21BN2O5. The van der Waals surface area contributed by atoms with Crippen molar-refractivity contribution >= 4 is 13.2 Å². The fourth-order valence-electron chi connectivity index (χ4n) is 2.65. The van der Waals surface area contributed by atoms with Gasteiger partial charge in [0, 0.05) is 32.8 Å². The van der Waals surface area contributed by atoms with Crippen LogP contribution in [-0.2, 0) is 25.2 Å². The van der Waals surface area contributed by atoms with Gasteiger partial charge >= 0.3 is 7.32 Å². The van der Waals surface area contributed by atoms with Crippen LogP contribution in [0.1, 0.15) is 5.56 Å². The molecule has 2 N–H and O–H groups in total. The second kappa shape index (κ2) is 7.78. The number of rotatable bonds is 5. The minimum Gasteiger partial charge on any atom is -0.491 e. The predicted molar refractivity (Wildman–Crippen MR) is 83.8 cm³/mol. The Bertz CT molecular complexity index is 503. The van der Waals surface area contributed by atoms with Gasteiger partial charge in [-0.3, -0.25) is 9.69 Å². The zero-order valence-electron chi connectivity index (χ0n) is 13.0. The van der Waals surface area contributed by atoms with Crippen LogP contribution < -0.4 is 10.5 Å². The summed E-state index contributed by atoms with van der Waals surface area (Å²) in [5.74, 6) is 0.382. The third kappa shape index (κ3) is 4.94. The first-order valence-electron chi connectivity index (χ1n) is 7.80. The number of hydrogen-bond acceptors (Lipinski definition) is 6. The maximum absolute atomic E-state index is 10.9. The Labute approximate surface area is 135 Å². The molecule has 1 unspecified atom stereocenters. The number of nitrogens with zero attached hydrogens (tertiary/aromatic N) is 1. The van der Waals surface area contributed by atoms with Crippen molar-refractivity contribution in [2.24, 2.45) is 5.73 Å². The van der Waals surface area contributed by atoms with Gasteiger partial charge in [-0.25, -0.2) is 0 Å². The van der Waals surface area contributed by atoms with Gasteiger partial charge in [-0.1, -0.05) is 12.1 Å². The van der Waals surface area contributed by atoms with Crippen molar-refractivity contribution in [3.8, 4) is 5.75 Å². The number of benzene rings is 1. The highest BCUT2D eigenvalue weighted by Crippen LogP contribution is 2.15. The van der Waals surface area contributed by atoms with Crippen molar-refractivity contribution in [2.45, 2.75) is 12.5 Å². The molecule has 7 nitrogen and oxygen atoms in total. The largest absolute Gasteiger partial charge is 0.639 e. The van der Waals surface area contributed by atoms with Gasteiger partial charge in [0.15, 0.2) is 0 Å². The Morgan fingerprint density at radius 2 is 1.96 bits per heavy atom. The zero-order valence-corrected chi connectivity index (χ0v) is 13.0. The fourth-order valence-corrected chi connectivity index (χ4v) is 2.65. The number of nitrogens with two attached hydrogens (primary N) is 1. The van der Waals surface area contributed by atoms with Gasteiger partial charge in [-0.2, -0.15) is 0 Å². The molecule has 4 rings (SSSR count). The van der Waals surface area contributed by atoms with E-state index in [0.717, 1.165) is 30.9 Å². The standard InChI is InChI=1S/C15H21BN2O5/c17-15(19)9-12-1-3-13(4-2-12)20-11-14-10-18-5-7-21-16(23-14)22-8-6-18/h1-4,14H,5-11H2,(H2,17,19). The number of carbonyl (C=O) groups is 1. The molecule has 124 valence electrons. The first-order valence-corrected chi connectivity index (χ1v) is 7.80. The molecule has 1 aromatic carbocycles. The molecule has 3 heterocycles. The van der Waals surface area contributed by atoms with Crippen molar-refractivity contribution < 1.29 is 23.5 Å². The van der Waals surface area contributed by atoms with Gasteiger partial charge in [-0.15, -0.1) is 0 Å². The molecule has 1 aromatic rings. The molecule has 0 aromatic heterocycles. The Balaban J connectivity index is 1.53. The third-order valence-corrected chi connectivity index (χ3v) is 3.83. The smallest absolute Gasteiger partial charge is 0.491 e. The molecule has 1 atom stereocenters. The Morgan fingerprint density at radius 3 is 2.61 bits per heavy atom. The normalized spacial score (nSPS) is 24.6. The molecule has 2 bridgehead atoms. The van der Waals surface area contributed by atoms with Crippen molar-refractivity contribution in [3.05, 3.63) is 29.8 Å². The molecule has 1 amide bonds. The number of amides is 1. The topological polar surface area (TPSA) is 83.3 Å². The van der Waals surface area contributed by atoms with Gasteiger partial charge < -0.3 is 24.4 Å². The van der Waals surface area contributed by atoms with E-state index in [0.29, 0.717) is 19.8 Å². The van der Waals surface area contributed by atoms with E-state index < -0.39 is 7.32 Å². The Morgan fingerprint density at radius 1 is 1.26 bits per heavy atom. The number of ether oxygens (including phenoxy) is 1. The summed E-state index contributed by atoms with van der Waals surface area (Å²) in [6.07, 6.45) is 0.114. The van der Waals surface area contributed by atoms with Crippen LogP contribution in [0, 0.1) is 0 Å².